The number of aromatic nitrogens is 1. The van der Waals surface area contributed by atoms with Gasteiger partial charge in [0, 0.05) is 50.3 Å². The number of fused-ring (bicyclic) bond motifs is 1. The number of nitrogens with zero attached hydrogens (tertiary/aromatic N) is 2. The summed E-state index contributed by atoms with van der Waals surface area (Å²) < 4.78 is 11.5. The maximum atomic E-state index is 5.96. The predicted molar refractivity (Wildman–Crippen MR) is 140 cm³/mol. The molecule has 1 aliphatic heterocycles. The summed E-state index contributed by atoms with van der Waals surface area (Å²) in [6, 6.07) is 10.8. The van der Waals surface area contributed by atoms with Gasteiger partial charge in [-0.1, -0.05) is 12.1 Å². The van der Waals surface area contributed by atoms with Crippen LogP contribution < -0.4 is 10.6 Å². The summed E-state index contributed by atoms with van der Waals surface area (Å²) in [4.78, 5) is 10.2. The Balaban J connectivity index is 0.00000289. The van der Waals surface area contributed by atoms with Crippen LogP contribution in [0.15, 0.2) is 45.9 Å². The number of aryl methyl sites for hydroxylation is 2. The van der Waals surface area contributed by atoms with Gasteiger partial charge >= 0.3 is 0 Å². The van der Waals surface area contributed by atoms with Crippen LogP contribution in [0.5, 0.6) is 0 Å². The van der Waals surface area contributed by atoms with Crippen LogP contribution in [0, 0.1) is 13.8 Å². The maximum absolute atomic E-state index is 5.96. The number of hydrogen-bond donors (Lipinski definition) is 3. The fraction of sp³-hybridized carbons (Fsp3) is 0.458. The summed E-state index contributed by atoms with van der Waals surface area (Å²) in [5.41, 5.74) is 3.78. The molecule has 3 N–H and O–H groups in total. The van der Waals surface area contributed by atoms with E-state index in [1.807, 2.05) is 20.0 Å². The van der Waals surface area contributed by atoms with Crippen molar-refractivity contribution in [3.8, 4) is 0 Å². The summed E-state index contributed by atoms with van der Waals surface area (Å²) in [6.07, 6.45) is 3.03. The first-order chi connectivity index (χ1) is 15.1. The van der Waals surface area contributed by atoms with Crippen LogP contribution in [0.1, 0.15) is 28.7 Å². The monoisotopic (exact) mass is 551 g/mol. The zero-order valence-electron chi connectivity index (χ0n) is 19.1. The zero-order chi connectivity index (χ0) is 21.6. The fourth-order valence-electron chi connectivity index (χ4n) is 4.17. The van der Waals surface area contributed by atoms with Crippen molar-refractivity contribution in [3.05, 3.63) is 59.2 Å². The number of furan rings is 1. The van der Waals surface area contributed by atoms with Crippen LogP contribution in [0.25, 0.3) is 10.9 Å². The molecular formula is C24H34IN5O2. The molecule has 1 atom stereocenters. The SMILES string of the molecule is CN=C(NCCc1c[nH]c2cc(C)ccc12)NCC(c1ccc(C)o1)N1CCOCC1.I. The van der Waals surface area contributed by atoms with Crippen molar-refractivity contribution in [1.29, 1.82) is 0 Å². The summed E-state index contributed by atoms with van der Waals surface area (Å²) in [6.45, 7) is 8.95. The van der Waals surface area contributed by atoms with Crippen molar-refractivity contribution in [2.45, 2.75) is 26.3 Å². The normalized spacial score (nSPS) is 16.0. The molecule has 0 radical (unpaired) electrons. The third kappa shape index (κ3) is 6.05. The van der Waals surface area contributed by atoms with Gasteiger partial charge in [0.2, 0.25) is 0 Å². The number of guanidine groups is 1. The molecule has 1 fully saturated rings. The summed E-state index contributed by atoms with van der Waals surface area (Å²) in [7, 11) is 1.81. The van der Waals surface area contributed by atoms with Gasteiger partial charge in [0.15, 0.2) is 5.96 Å². The van der Waals surface area contributed by atoms with E-state index >= 15 is 0 Å². The molecule has 4 rings (SSSR count). The van der Waals surface area contributed by atoms with Crippen molar-refractivity contribution in [2.75, 3.05) is 46.4 Å². The second-order valence-corrected chi connectivity index (χ2v) is 8.11. The van der Waals surface area contributed by atoms with Gasteiger partial charge < -0.3 is 24.8 Å². The van der Waals surface area contributed by atoms with E-state index in [9.17, 15) is 0 Å². The average molecular weight is 551 g/mol. The smallest absolute Gasteiger partial charge is 0.191 e. The third-order valence-electron chi connectivity index (χ3n) is 5.87. The van der Waals surface area contributed by atoms with Crippen LogP contribution in [0.4, 0.5) is 0 Å². The van der Waals surface area contributed by atoms with E-state index in [4.69, 9.17) is 9.15 Å². The highest BCUT2D eigenvalue weighted by atomic mass is 127. The number of H-pyrrole nitrogens is 1. The topological polar surface area (TPSA) is 77.8 Å². The molecule has 1 unspecified atom stereocenters. The first-order valence-corrected chi connectivity index (χ1v) is 11.0. The molecule has 1 aromatic carbocycles. The molecule has 0 spiro atoms. The average Bonchev–Trinajstić information content (AvgIpc) is 3.39. The Morgan fingerprint density at radius 2 is 1.97 bits per heavy atom. The van der Waals surface area contributed by atoms with Crippen molar-refractivity contribution in [2.24, 2.45) is 4.99 Å². The molecule has 32 heavy (non-hydrogen) atoms. The van der Waals surface area contributed by atoms with Crippen LogP contribution in [-0.2, 0) is 11.2 Å². The number of morpholine rings is 1. The van der Waals surface area contributed by atoms with Crippen molar-refractivity contribution >= 4 is 40.8 Å². The minimum absolute atomic E-state index is 0. The molecule has 7 nitrogen and oxygen atoms in total. The second kappa shape index (κ2) is 11.7. The number of rotatable bonds is 7. The van der Waals surface area contributed by atoms with Crippen molar-refractivity contribution in [3.63, 3.8) is 0 Å². The minimum atomic E-state index is 0. The lowest BCUT2D eigenvalue weighted by Crippen LogP contribution is -2.46. The summed E-state index contributed by atoms with van der Waals surface area (Å²) >= 11 is 0. The Bertz CT molecular complexity index is 1020. The summed E-state index contributed by atoms with van der Waals surface area (Å²) in [5.74, 6) is 2.72. The molecule has 1 aliphatic rings. The number of hydrogen-bond acceptors (Lipinski definition) is 4. The summed E-state index contributed by atoms with van der Waals surface area (Å²) in [5, 5.41) is 8.23. The van der Waals surface area contributed by atoms with Crippen LogP contribution in [-0.4, -0.2) is 62.3 Å². The lowest BCUT2D eigenvalue weighted by molar-refractivity contribution is 0.0124. The Kier molecular flexibility index (Phi) is 9.01. The Morgan fingerprint density at radius 3 is 2.69 bits per heavy atom. The van der Waals surface area contributed by atoms with Crippen molar-refractivity contribution < 1.29 is 9.15 Å². The van der Waals surface area contributed by atoms with E-state index in [1.165, 1.54) is 22.0 Å². The predicted octanol–water partition coefficient (Wildman–Crippen LogP) is 3.78. The number of ether oxygens (including phenoxy) is 1. The van der Waals surface area contributed by atoms with E-state index < -0.39 is 0 Å². The van der Waals surface area contributed by atoms with E-state index in [0.717, 1.165) is 63.3 Å². The number of halogens is 1. The van der Waals surface area contributed by atoms with Gasteiger partial charge in [-0.05, 0) is 49.6 Å². The van der Waals surface area contributed by atoms with E-state index in [2.05, 4.69) is 62.9 Å². The highest BCUT2D eigenvalue weighted by Gasteiger charge is 2.25. The van der Waals surface area contributed by atoms with Crippen LogP contribution in [0.2, 0.25) is 0 Å². The van der Waals surface area contributed by atoms with E-state index in [-0.39, 0.29) is 30.0 Å². The van der Waals surface area contributed by atoms with Crippen molar-refractivity contribution in [1.82, 2.24) is 20.5 Å². The lowest BCUT2D eigenvalue weighted by atomic mass is 10.1. The van der Waals surface area contributed by atoms with Gasteiger partial charge in [-0.2, -0.15) is 0 Å². The van der Waals surface area contributed by atoms with Gasteiger partial charge in [-0.25, -0.2) is 0 Å². The quantitative estimate of drug-likeness (QED) is 0.237. The maximum Gasteiger partial charge on any atom is 0.191 e. The number of aromatic amines is 1. The van der Waals surface area contributed by atoms with E-state index in [0.29, 0.717) is 0 Å². The van der Waals surface area contributed by atoms with Crippen LogP contribution in [0.3, 0.4) is 0 Å². The van der Waals surface area contributed by atoms with Gasteiger partial charge in [-0.15, -0.1) is 24.0 Å². The first kappa shape index (κ1) is 24.6. The molecular weight excluding hydrogens is 517 g/mol. The Morgan fingerprint density at radius 1 is 1.16 bits per heavy atom. The third-order valence-corrected chi connectivity index (χ3v) is 5.87. The molecule has 0 bridgehead atoms. The molecule has 3 heterocycles. The molecule has 1 saturated heterocycles. The van der Waals surface area contributed by atoms with Gasteiger partial charge in [0.05, 0.1) is 19.3 Å². The lowest BCUT2D eigenvalue weighted by Gasteiger charge is -2.33. The zero-order valence-corrected chi connectivity index (χ0v) is 21.4. The van der Waals surface area contributed by atoms with Gasteiger partial charge in [0.1, 0.15) is 11.5 Å². The Hall–Kier alpha value is -2.04. The molecule has 2 aromatic heterocycles. The van der Waals surface area contributed by atoms with Gasteiger partial charge in [-0.3, -0.25) is 9.89 Å². The molecule has 0 amide bonds. The molecule has 0 saturated carbocycles. The number of nitrogens with one attached hydrogen (secondary N) is 3. The highest BCUT2D eigenvalue weighted by molar-refractivity contribution is 14.0. The fourth-order valence-corrected chi connectivity index (χ4v) is 4.17. The number of benzene rings is 1. The minimum Gasteiger partial charge on any atom is -0.465 e. The molecule has 174 valence electrons. The van der Waals surface area contributed by atoms with Gasteiger partial charge in [0.25, 0.3) is 0 Å². The highest BCUT2D eigenvalue weighted by Crippen LogP contribution is 2.23. The largest absolute Gasteiger partial charge is 0.465 e. The number of aliphatic imine (C=N–C) groups is 1. The molecule has 0 aliphatic carbocycles. The van der Waals surface area contributed by atoms with Crippen LogP contribution >= 0.6 is 24.0 Å². The molecule has 3 aromatic rings. The molecule has 8 heteroatoms. The second-order valence-electron chi connectivity index (χ2n) is 8.11. The Labute approximate surface area is 207 Å². The standard InChI is InChI=1S/C24H33N5O2.HI/c1-17-4-6-20-19(15-27-21(20)14-17)8-9-26-24(25-3)28-16-22(23-7-5-18(2)31-23)29-10-12-30-13-11-29;/h4-7,14-15,22,27H,8-13,16H2,1-3H3,(H2,25,26,28);1H. The first-order valence-electron chi connectivity index (χ1n) is 11.0. The van der Waals surface area contributed by atoms with E-state index in [1.54, 1.807) is 0 Å².